The van der Waals surface area contributed by atoms with Crippen LogP contribution in [-0.4, -0.2) is 17.3 Å². The van der Waals surface area contributed by atoms with Crippen LogP contribution in [0.4, 0.5) is 5.69 Å². The minimum atomic E-state index is -3.27. The Morgan fingerprint density at radius 1 is 1.08 bits per heavy atom. The second-order valence-corrected chi connectivity index (χ2v) is 9.21. The second-order valence-electron chi connectivity index (χ2n) is 5.09. The minimum absolute atomic E-state index is 0.121. The van der Waals surface area contributed by atoms with E-state index in [2.05, 4.69) is 0 Å². The molecule has 0 aliphatic heterocycles. The third-order valence-electron chi connectivity index (χ3n) is 3.07. The normalized spacial score (nSPS) is 13.0. The zero-order valence-electron chi connectivity index (χ0n) is 14.5. The maximum absolute atomic E-state index is 12.6. The second kappa shape index (κ2) is 9.62. The zero-order valence-corrected chi connectivity index (χ0v) is 16.2. The molecule has 0 radical (unpaired) electrons. The van der Waals surface area contributed by atoms with Crippen molar-refractivity contribution in [3.05, 3.63) is 58.6 Å². The molecule has 26 heavy (non-hydrogen) atoms. The lowest BCUT2D eigenvalue weighted by atomic mass is 10.3. The average Bonchev–Trinajstić information content (AvgIpc) is 2.62. The van der Waals surface area contributed by atoms with Gasteiger partial charge in [0, 0.05) is 11.8 Å². The number of rotatable bonds is 10. The van der Waals surface area contributed by atoms with Gasteiger partial charge in [0.15, 0.2) is 0 Å². The number of nitrogens with zero attached hydrogens (tertiary/aromatic N) is 1. The highest BCUT2D eigenvalue weighted by atomic mass is 32.7. The Morgan fingerprint density at radius 3 is 2.35 bits per heavy atom. The van der Waals surface area contributed by atoms with E-state index in [0.29, 0.717) is 17.3 Å². The SMILES string of the molecule is CCCSP(=O)(OCC)Oc1ccc(Oc2ccccc2[N+](=O)[O-])cc1. The third-order valence-corrected chi connectivity index (χ3v) is 7.02. The first-order valence-electron chi connectivity index (χ1n) is 8.07. The maximum atomic E-state index is 12.6. The molecule has 1 atom stereocenters. The fourth-order valence-electron chi connectivity index (χ4n) is 1.97. The van der Waals surface area contributed by atoms with Gasteiger partial charge in [0.25, 0.3) is 0 Å². The molecule has 0 aromatic heterocycles. The molecule has 9 heteroatoms. The van der Waals surface area contributed by atoms with Gasteiger partial charge in [0.05, 0.1) is 11.5 Å². The number of nitro groups is 1. The first-order valence-corrected chi connectivity index (χ1v) is 11.2. The van der Waals surface area contributed by atoms with Gasteiger partial charge in [0.1, 0.15) is 11.5 Å². The van der Waals surface area contributed by atoms with Gasteiger partial charge in [-0.05, 0) is 55.1 Å². The van der Waals surface area contributed by atoms with Crippen molar-refractivity contribution in [1.82, 2.24) is 0 Å². The van der Waals surface area contributed by atoms with Crippen molar-refractivity contribution in [1.29, 1.82) is 0 Å². The Hall–Kier alpha value is -2.02. The molecule has 0 saturated carbocycles. The van der Waals surface area contributed by atoms with Crippen molar-refractivity contribution in [2.75, 3.05) is 12.4 Å². The summed E-state index contributed by atoms with van der Waals surface area (Å²) in [5.74, 6) is 1.58. The highest BCUT2D eigenvalue weighted by molar-refractivity contribution is 8.55. The fraction of sp³-hybridized carbons (Fsp3) is 0.294. The summed E-state index contributed by atoms with van der Waals surface area (Å²) in [5, 5.41) is 11.0. The van der Waals surface area contributed by atoms with Crippen LogP contribution in [0.3, 0.4) is 0 Å². The van der Waals surface area contributed by atoms with Gasteiger partial charge in [-0.3, -0.25) is 14.6 Å². The zero-order chi connectivity index (χ0) is 19.0. The Kier molecular flexibility index (Phi) is 7.50. The molecule has 1 unspecified atom stereocenters. The van der Waals surface area contributed by atoms with Crippen molar-refractivity contribution >= 4 is 23.9 Å². The van der Waals surface area contributed by atoms with Crippen molar-refractivity contribution in [3.63, 3.8) is 0 Å². The fourth-order valence-corrected chi connectivity index (χ4v) is 5.43. The molecule has 2 aromatic rings. The van der Waals surface area contributed by atoms with Crippen LogP contribution in [0.2, 0.25) is 0 Å². The highest BCUT2D eigenvalue weighted by Gasteiger charge is 2.26. The molecule has 0 bridgehead atoms. The van der Waals surface area contributed by atoms with Gasteiger partial charge in [-0.25, -0.2) is 4.57 Å². The number of benzene rings is 2. The van der Waals surface area contributed by atoms with Crippen molar-refractivity contribution in [2.24, 2.45) is 0 Å². The Bertz CT molecular complexity index is 783. The monoisotopic (exact) mass is 397 g/mol. The standard InChI is InChI=1S/C17H20NO6PS/c1-3-13-26-25(21,22-4-2)24-15-11-9-14(10-12-15)23-17-8-6-5-7-16(17)18(19)20/h5-12H,3-4,13H2,1-2H3. The molecular formula is C17H20NO6PS. The topological polar surface area (TPSA) is 87.9 Å². The predicted octanol–water partition coefficient (Wildman–Crippen LogP) is 6.05. The van der Waals surface area contributed by atoms with E-state index >= 15 is 0 Å². The molecule has 7 nitrogen and oxygen atoms in total. The number of nitro benzene ring substituents is 1. The molecule has 0 aliphatic rings. The Morgan fingerprint density at radius 2 is 1.73 bits per heavy atom. The van der Waals surface area contributed by atoms with Gasteiger partial charge >= 0.3 is 12.5 Å². The highest BCUT2D eigenvalue weighted by Crippen LogP contribution is 2.60. The molecule has 0 heterocycles. The lowest BCUT2D eigenvalue weighted by Crippen LogP contribution is -1.96. The average molecular weight is 397 g/mol. The van der Waals surface area contributed by atoms with E-state index in [4.69, 9.17) is 13.8 Å². The molecule has 0 fully saturated rings. The van der Waals surface area contributed by atoms with Gasteiger partial charge < -0.3 is 9.26 Å². The Balaban J connectivity index is 2.11. The van der Waals surface area contributed by atoms with Crippen LogP contribution in [0.25, 0.3) is 0 Å². The first-order chi connectivity index (χ1) is 12.5. The molecule has 2 rings (SSSR count). The summed E-state index contributed by atoms with van der Waals surface area (Å²) in [6.07, 6.45) is 0.855. The molecule has 0 aliphatic carbocycles. The number of para-hydroxylation sites is 2. The molecular weight excluding hydrogens is 377 g/mol. The van der Waals surface area contributed by atoms with E-state index in [1.54, 1.807) is 43.3 Å². The summed E-state index contributed by atoms with van der Waals surface area (Å²) < 4.78 is 29.1. The summed E-state index contributed by atoms with van der Waals surface area (Å²) in [6, 6.07) is 12.5. The quantitative estimate of drug-likeness (QED) is 0.274. The van der Waals surface area contributed by atoms with E-state index in [1.165, 1.54) is 12.1 Å². The van der Waals surface area contributed by atoms with Crippen LogP contribution in [0.15, 0.2) is 48.5 Å². The van der Waals surface area contributed by atoms with Gasteiger partial charge in [-0.15, -0.1) is 0 Å². The van der Waals surface area contributed by atoms with E-state index in [1.807, 2.05) is 6.92 Å². The Labute approximate surface area is 156 Å². The third kappa shape index (κ3) is 5.76. The van der Waals surface area contributed by atoms with E-state index in [0.717, 1.165) is 17.8 Å². The van der Waals surface area contributed by atoms with Crippen LogP contribution >= 0.6 is 18.2 Å². The summed E-state index contributed by atoms with van der Waals surface area (Å²) >= 11 is 1.16. The van der Waals surface area contributed by atoms with Crippen LogP contribution in [0.5, 0.6) is 17.2 Å². The lowest BCUT2D eigenvalue weighted by Gasteiger charge is -2.17. The van der Waals surface area contributed by atoms with E-state index < -0.39 is 11.7 Å². The summed E-state index contributed by atoms with van der Waals surface area (Å²) in [5.41, 5.74) is -0.121. The number of hydrogen-bond donors (Lipinski definition) is 0. The molecule has 2 aromatic carbocycles. The molecule has 0 N–H and O–H groups in total. The van der Waals surface area contributed by atoms with E-state index in [9.17, 15) is 14.7 Å². The predicted molar refractivity (Wildman–Crippen MR) is 102 cm³/mol. The molecule has 140 valence electrons. The summed E-state index contributed by atoms with van der Waals surface area (Å²) in [4.78, 5) is 10.5. The van der Waals surface area contributed by atoms with Gasteiger partial charge in [-0.1, -0.05) is 19.1 Å². The minimum Gasteiger partial charge on any atom is -0.450 e. The van der Waals surface area contributed by atoms with Crippen LogP contribution in [0.1, 0.15) is 20.3 Å². The van der Waals surface area contributed by atoms with Crippen molar-refractivity contribution in [3.8, 4) is 17.2 Å². The molecule has 0 spiro atoms. The van der Waals surface area contributed by atoms with Crippen LogP contribution in [0, 0.1) is 10.1 Å². The summed E-state index contributed by atoms with van der Waals surface area (Å²) in [7, 11) is 0. The number of ether oxygens (including phenoxy) is 1. The van der Waals surface area contributed by atoms with Gasteiger partial charge in [0.2, 0.25) is 5.75 Å². The van der Waals surface area contributed by atoms with Crippen molar-refractivity contribution < 1.29 is 23.3 Å². The first kappa shape index (κ1) is 20.3. The van der Waals surface area contributed by atoms with Crippen LogP contribution < -0.4 is 9.26 Å². The molecule has 0 saturated heterocycles. The smallest absolute Gasteiger partial charge is 0.440 e. The van der Waals surface area contributed by atoms with E-state index in [-0.39, 0.29) is 18.0 Å². The maximum Gasteiger partial charge on any atom is 0.440 e. The van der Waals surface area contributed by atoms with Crippen molar-refractivity contribution in [2.45, 2.75) is 20.3 Å². The summed E-state index contributed by atoms with van der Waals surface area (Å²) in [6.45, 7) is 0.751. The van der Waals surface area contributed by atoms with Crippen LogP contribution in [-0.2, 0) is 9.09 Å². The molecule has 0 amide bonds. The van der Waals surface area contributed by atoms with Gasteiger partial charge in [-0.2, -0.15) is 0 Å². The number of hydrogen-bond acceptors (Lipinski definition) is 7. The largest absolute Gasteiger partial charge is 0.450 e. The lowest BCUT2D eigenvalue weighted by molar-refractivity contribution is -0.385.